The van der Waals surface area contributed by atoms with Gasteiger partial charge in [0, 0.05) is 37.1 Å². The number of benzene rings is 1. The number of nitrogens with one attached hydrogen (secondary N) is 1. The number of nitrogens with zero attached hydrogens (tertiary/aromatic N) is 2. The number of anilines is 1. The number of fused-ring (bicyclic) bond motifs is 1. The van der Waals surface area contributed by atoms with Gasteiger partial charge in [-0.2, -0.15) is 0 Å². The molecule has 1 aromatic heterocycles. The average Bonchev–Trinajstić information content (AvgIpc) is 3.25. The van der Waals surface area contributed by atoms with Gasteiger partial charge in [-0.05, 0) is 58.6 Å². The van der Waals surface area contributed by atoms with E-state index in [1.807, 2.05) is 11.8 Å². The quantitative estimate of drug-likeness (QED) is 0.651. The first-order valence-electron chi connectivity index (χ1n) is 11.8. The highest BCUT2D eigenvalue weighted by Crippen LogP contribution is 2.43. The van der Waals surface area contributed by atoms with E-state index in [0.717, 1.165) is 6.07 Å². The first-order chi connectivity index (χ1) is 16.3. The minimum atomic E-state index is -1.43. The van der Waals surface area contributed by atoms with Crippen molar-refractivity contribution in [1.82, 2.24) is 9.88 Å². The second-order valence-electron chi connectivity index (χ2n) is 10.6. The highest BCUT2D eigenvalue weighted by Gasteiger charge is 2.41. The van der Waals surface area contributed by atoms with E-state index in [1.54, 1.807) is 27.7 Å². The van der Waals surface area contributed by atoms with E-state index in [4.69, 9.17) is 4.74 Å². The second kappa shape index (κ2) is 8.80. The van der Waals surface area contributed by atoms with Crippen molar-refractivity contribution in [1.29, 1.82) is 0 Å². The number of carboxylic acids is 1. The Kier molecular flexibility index (Phi) is 6.27. The first-order valence-corrected chi connectivity index (χ1v) is 11.8. The summed E-state index contributed by atoms with van der Waals surface area (Å²) in [7, 11) is 0. The number of alkyl halides is 1. The van der Waals surface area contributed by atoms with Crippen molar-refractivity contribution in [2.45, 2.75) is 71.3 Å². The van der Waals surface area contributed by atoms with Gasteiger partial charge in [-0.3, -0.25) is 4.79 Å². The van der Waals surface area contributed by atoms with Crippen LogP contribution in [0.1, 0.15) is 62.5 Å². The highest BCUT2D eigenvalue weighted by molar-refractivity contribution is 5.95. The van der Waals surface area contributed by atoms with Crippen LogP contribution in [0.2, 0.25) is 0 Å². The van der Waals surface area contributed by atoms with E-state index < -0.39 is 46.7 Å². The minimum Gasteiger partial charge on any atom is -0.477 e. The van der Waals surface area contributed by atoms with Crippen molar-refractivity contribution in [3.8, 4) is 0 Å². The lowest BCUT2D eigenvalue weighted by molar-refractivity contribution is 0.0494. The highest BCUT2D eigenvalue weighted by atomic mass is 19.1. The van der Waals surface area contributed by atoms with Gasteiger partial charge in [0.1, 0.15) is 23.2 Å². The van der Waals surface area contributed by atoms with Crippen LogP contribution in [0.25, 0.3) is 10.9 Å². The van der Waals surface area contributed by atoms with Crippen LogP contribution in [0, 0.1) is 18.7 Å². The molecule has 0 spiro atoms. The number of aromatic carboxylic acids is 1. The average molecular weight is 492 g/mol. The Morgan fingerprint density at radius 2 is 1.97 bits per heavy atom. The number of halogens is 2. The third-order valence-electron chi connectivity index (χ3n) is 6.74. The van der Waals surface area contributed by atoms with Crippen molar-refractivity contribution >= 4 is 28.7 Å². The zero-order valence-electron chi connectivity index (χ0n) is 20.5. The molecule has 2 aliphatic rings. The van der Waals surface area contributed by atoms with Crippen molar-refractivity contribution in [2.24, 2.45) is 5.92 Å². The number of carboxylic acid groups (broad SMARTS) is 1. The summed E-state index contributed by atoms with van der Waals surface area (Å²) in [6, 6.07) is 0.264. The van der Waals surface area contributed by atoms with Gasteiger partial charge in [0.25, 0.3) is 0 Å². The van der Waals surface area contributed by atoms with E-state index in [2.05, 4.69) is 5.32 Å². The maximum absolute atomic E-state index is 15.4. The molecule has 35 heavy (non-hydrogen) atoms. The zero-order chi connectivity index (χ0) is 25.8. The summed E-state index contributed by atoms with van der Waals surface area (Å²) in [6.45, 7) is 9.89. The maximum Gasteiger partial charge on any atom is 0.407 e. The van der Waals surface area contributed by atoms with Gasteiger partial charge >= 0.3 is 12.1 Å². The summed E-state index contributed by atoms with van der Waals surface area (Å²) in [5.74, 6) is -2.04. The van der Waals surface area contributed by atoms with Crippen molar-refractivity contribution in [3.05, 3.63) is 39.4 Å². The standard InChI is InChI=1S/C25H31F2N3O5/c1-12-20-15(22(31)16(23(32)33)11-30(20)19-9-17(19)26)8-18(27)21(12)29-7-6-14(10-29)13(2)28-24(34)35-25(3,4)5/h8,11,13-14,17,19H,6-7,9-10H2,1-5H3,(H,28,34)(H,32,33). The number of aromatic nitrogens is 1. The van der Waals surface area contributed by atoms with Crippen LogP contribution in [-0.4, -0.2) is 52.6 Å². The Morgan fingerprint density at radius 3 is 2.54 bits per heavy atom. The van der Waals surface area contributed by atoms with Gasteiger partial charge in [-0.1, -0.05) is 0 Å². The van der Waals surface area contributed by atoms with Gasteiger partial charge in [0.05, 0.1) is 17.2 Å². The fraction of sp³-hybridized carbons (Fsp3) is 0.560. The maximum atomic E-state index is 15.4. The number of carbonyl (C=O) groups excluding carboxylic acids is 1. The van der Waals surface area contributed by atoms with E-state index in [0.29, 0.717) is 36.3 Å². The summed E-state index contributed by atoms with van der Waals surface area (Å²) in [6.07, 6.45) is 0.425. The summed E-state index contributed by atoms with van der Waals surface area (Å²) in [4.78, 5) is 38.4. The number of carbonyl (C=O) groups is 2. The third kappa shape index (κ3) is 4.83. The zero-order valence-corrected chi connectivity index (χ0v) is 20.5. The van der Waals surface area contributed by atoms with Gasteiger partial charge < -0.3 is 24.6 Å². The summed E-state index contributed by atoms with van der Waals surface area (Å²) in [5.41, 5.74) is -0.801. The number of amides is 1. The van der Waals surface area contributed by atoms with Crippen LogP contribution in [0.3, 0.4) is 0 Å². The molecule has 1 aromatic carbocycles. The molecule has 2 aromatic rings. The predicted octanol–water partition coefficient (Wildman–Crippen LogP) is 4.17. The number of aryl methyl sites for hydroxylation is 1. The van der Waals surface area contributed by atoms with Crippen LogP contribution in [-0.2, 0) is 4.74 Å². The number of hydrogen-bond donors (Lipinski definition) is 2. The van der Waals surface area contributed by atoms with E-state index in [9.17, 15) is 23.9 Å². The molecule has 1 saturated carbocycles. The first kappa shape index (κ1) is 24.9. The lowest BCUT2D eigenvalue weighted by atomic mass is 10.0. The van der Waals surface area contributed by atoms with E-state index >= 15 is 4.39 Å². The summed E-state index contributed by atoms with van der Waals surface area (Å²) >= 11 is 0. The second-order valence-corrected chi connectivity index (χ2v) is 10.6. The molecule has 1 saturated heterocycles. The lowest BCUT2D eigenvalue weighted by Crippen LogP contribution is -2.42. The van der Waals surface area contributed by atoms with Crippen LogP contribution in [0.5, 0.6) is 0 Å². The molecule has 0 bridgehead atoms. The molecule has 2 N–H and O–H groups in total. The van der Waals surface area contributed by atoms with Crippen LogP contribution >= 0.6 is 0 Å². The molecule has 4 atom stereocenters. The smallest absolute Gasteiger partial charge is 0.407 e. The van der Waals surface area contributed by atoms with Crippen LogP contribution in [0.15, 0.2) is 17.1 Å². The topological polar surface area (TPSA) is 101 Å². The molecule has 0 radical (unpaired) electrons. The molecule has 2 fully saturated rings. The normalized spacial score (nSPS) is 22.8. The molecule has 4 rings (SSSR count). The fourth-order valence-electron chi connectivity index (χ4n) is 4.92. The molecular weight excluding hydrogens is 460 g/mol. The van der Waals surface area contributed by atoms with Gasteiger partial charge in [0.2, 0.25) is 5.43 Å². The van der Waals surface area contributed by atoms with E-state index in [1.165, 1.54) is 10.8 Å². The monoisotopic (exact) mass is 491 g/mol. The summed E-state index contributed by atoms with van der Waals surface area (Å²) in [5, 5.41) is 12.2. The Labute approximate surface area is 201 Å². The van der Waals surface area contributed by atoms with Gasteiger partial charge in [-0.25, -0.2) is 18.4 Å². The molecule has 1 aliphatic carbocycles. The SMILES string of the molecule is Cc1c(N2CCC(C(C)NC(=O)OC(C)(C)C)C2)c(F)cc2c(=O)c(C(=O)O)cn(C3CC3F)c12. The number of rotatable bonds is 5. The predicted molar refractivity (Wildman–Crippen MR) is 128 cm³/mol. The molecule has 1 amide bonds. The molecule has 10 heteroatoms. The number of hydrogen-bond acceptors (Lipinski definition) is 5. The largest absolute Gasteiger partial charge is 0.477 e. The Morgan fingerprint density at radius 1 is 1.31 bits per heavy atom. The van der Waals surface area contributed by atoms with Crippen molar-refractivity contribution in [3.63, 3.8) is 0 Å². The molecule has 1 aliphatic heterocycles. The Balaban J connectivity index is 1.67. The molecular formula is C25H31F2N3O5. The van der Waals surface area contributed by atoms with Gasteiger partial charge in [0.15, 0.2) is 0 Å². The van der Waals surface area contributed by atoms with Crippen LogP contribution < -0.4 is 15.6 Å². The molecule has 190 valence electrons. The molecule has 4 unspecified atom stereocenters. The van der Waals surface area contributed by atoms with Crippen molar-refractivity contribution < 1.29 is 28.2 Å². The number of alkyl carbamates (subject to hydrolysis) is 1. The Bertz CT molecular complexity index is 1250. The number of ether oxygens (including phenoxy) is 1. The number of pyridine rings is 1. The minimum absolute atomic E-state index is 0.0345. The lowest BCUT2D eigenvalue weighted by Gasteiger charge is -2.26. The van der Waals surface area contributed by atoms with Crippen LogP contribution in [0.4, 0.5) is 19.3 Å². The fourth-order valence-corrected chi connectivity index (χ4v) is 4.92. The van der Waals surface area contributed by atoms with Crippen molar-refractivity contribution in [2.75, 3.05) is 18.0 Å². The molecule has 2 heterocycles. The Hall–Kier alpha value is -3.17. The summed E-state index contributed by atoms with van der Waals surface area (Å²) < 4.78 is 36.2. The van der Waals surface area contributed by atoms with E-state index in [-0.39, 0.29) is 23.8 Å². The molecule has 8 nitrogen and oxygen atoms in total. The van der Waals surface area contributed by atoms with Gasteiger partial charge in [-0.15, -0.1) is 0 Å². The third-order valence-corrected chi connectivity index (χ3v) is 6.74.